The maximum atomic E-state index is 11.8. The molecular formula is C11H20N2O2. The molecule has 0 bridgehead atoms. The lowest BCUT2D eigenvalue weighted by molar-refractivity contribution is -0.135. The highest BCUT2D eigenvalue weighted by Gasteiger charge is 2.24. The quantitative estimate of drug-likeness (QED) is 0.751. The molecule has 0 aromatic heterocycles. The lowest BCUT2D eigenvalue weighted by Crippen LogP contribution is -2.47. The minimum Gasteiger partial charge on any atom is -0.344 e. The Hall–Kier alpha value is -1.06. The molecule has 1 saturated heterocycles. The minimum atomic E-state index is -0.391. The van der Waals surface area contributed by atoms with Crippen molar-refractivity contribution in [2.45, 2.75) is 39.7 Å². The summed E-state index contributed by atoms with van der Waals surface area (Å²) in [5, 5.41) is 2.73. The Balaban J connectivity index is 2.42. The summed E-state index contributed by atoms with van der Waals surface area (Å²) in [6.45, 7) is 7.06. The van der Waals surface area contributed by atoms with E-state index in [1.165, 1.54) is 0 Å². The second kappa shape index (κ2) is 5.14. The fraction of sp³-hybridized carbons (Fsp3) is 0.818. The number of carbonyl (C=O) groups excluding carboxylic acids is 2. The summed E-state index contributed by atoms with van der Waals surface area (Å²) in [4.78, 5) is 25.0. The van der Waals surface area contributed by atoms with Crippen molar-refractivity contribution in [1.82, 2.24) is 10.2 Å². The van der Waals surface area contributed by atoms with Gasteiger partial charge in [0.05, 0.1) is 0 Å². The molecule has 4 nitrogen and oxygen atoms in total. The fourth-order valence-electron chi connectivity index (χ4n) is 1.65. The molecule has 1 aliphatic rings. The summed E-state index contributed by atoms with van der Waals surface area (Å²) in [6, 6.07) is -0.391. The Bertz CT molecular complexity index is 245. The number of likely N-dealkylation sites (tertiary alicyclic amines) is 1. The van der Waals surface area contributed by atoms with Crippen molar-refractivity contribution in [3.8, 4) is 0 Å². The summed E-state index contributed by atoms with van der Waals surface area (Å²) >= 11 is 0. The van der Waals surface area contributed by atoms with E-state index < -0.39 is 6.04 Å². The van der Waals surface area contributed by atoms with Gasteiger partial charge in [-0.15, -0.1) is 0 Å². The fourth-order valence-corrected chi connectivity index (χ4v) is 1.65. The number of amides is 2. The van der Waals surface area contributed by atoms with Gasteiger partial charge in [-0.25, -0.2) is 0 Å². The van der Waals surface area contributed by atoms with Gasteiger partial charge in [-0.1, -0.05) is 13.8 Å². The number of nitrogens with zero attached hydrogens (tertiary/aromatic N) is 1. The number of rotatable bonds is 3. The SMILES string of the molecule is CC(C)C(=O)N[C@@H](C)C(=O)N1CCCC1. The van der Waals surface area contributed by atoms with Gasteiger partial charge in [0.25, 0.3) is 0 Å². The number of nitrogens with one attached hydrogen (secondary N) is 1. The monoisotopic (exact) mass is 212 g/mol. The second-order valence-corrected chi connectivity index (χ2v) is 4.42. The van der Waals surface area contributed by atoms with Crippen LogP contribution in [0.4, 0.5) is 0 Å². The van der Waals surface area contributed by atoms with Crippen molar-refractivity contribution >= 4 is 11.8 Å². The summed E-state index contributed by atoms with van der Waals surface area (Å²) in [6.07, 6.45) is 2.16. The largest absolute Gasteiger partial charge is 0.344 e. The number of carbonyl (C=O) groups is 2. The average Bonchev–Trinajstić information content (AvgIpc) is 2.68. The van der Waals surface area contributed by atoms with Crippen LogP contribution >= 0.6 is 0 Å². The highest BCUT2D eigenvalue weighted by atomic mass is 16.2. The summed E-state index contributed by atoms with van der Waals surface area (Å²) in [5.41, 5.74) is 0. The Morgan fingerprint density at radius 1 is 1.13 bits per heavy atom. The Morgan fingerprint density at radius 2 is 1.67 bits per heavy atom. The van der Waals surface area contributed by atoms with Crippen LogP contribution in [0.15, 0.2) is 0 Å². The molecule has 1 aliphatic heterocycles. The van der Waals surface area contributed by atoms with Crippen LogP contribution in [0.2, 0.25) is 0 Å². The highest BCUT2D eigenvalue weighted by molar-refractivity contribution is 5.88. The van der Waals surface area contributed by atoms with E-state index in [1.54, 1.807) is 6.92 Å². The van der Waals surface area contributed by atoms with E-state index in [0.29, 0.717) is 0 Å². The molecule has 2 amide bonds. The molecule has 86 valence electrons. The lowest BCUT2D eigenvalue weighted by Gasteiger charge is -2.21. The van der Waals surface area contributed by atoms with Crippen LogP contribution in [-0.4, -0.2) is 35.8 Å². The Labute approximate surface area is 91.0 Å². The zero-order valence-electron chi connectivity index (χ0n) is 9.75. The second-order valence-electron chi connectivity index (χ2n) is 4.42. The molecule has 1 rings (SSSR count). The van der Waals surface area contributed by atoms with Crippen LogP contribution in [0.3, 0.4) is 0 Å². The van der Waals surface area contributed by atoms with Gasteiger partial charge >= 0.3 is 0 Å². The Kier molecular flexibility index (Phi) is 4.12. The molecule has 1 fully saturated rings. The van der Waals surface area contributed by atoms with Crippen LogP contribution < -0.4 is 5.32 Å². The number of hydrogen-bond acceptors (Lipinski definition) is 2. The third-order valence-corrected chi connectivity index (χ3v) is 2.67. The molecule has 0 saturated carbocycles. The van der Waals surface area contributed by atoms with E-state index in [-0.39, 0.29) is 17.7 Å². The maximum Gasteiger partial charge on any atom is 0.244 e. The zero-order chi connectivity index (χ0) is 11.4. The van der Waals surface area contributed by atoms with E-state index >= 15 is 0 Å². The van der Waals surface area contributed by atoms with Gasteiger partial charge in [0.2, 0.25) is 11.8 Å². The van der Waals surface area contributed by atoms with Gasteiger partial charge < -0.3 is 10.2 Å². The smallest absolute Gasteiger partial charge is 0.244 e. The van der Waals surface area contributed by atoms with Crippen molar-refractivity contribution in [2.75, 3.05) is 13.1 Å². The van der Waals surface area contributed by atoms with Crippen LogP contribution in [0.1, 0.15) is 33.6 Å². The topological polar surface area (TPSA) is 49.4 Å². The first-order valence-corrected chi connectivity index (χ1v) is 5.61. The molecule has 0 aromatic rings. The standard InChI is InChI=1S/C11H20N2O2/c1-8(2)10(14)12-9(3)11(15)13-6-4-5-7-13/h8-9H,4-7H2,1-3H3,(H,12,14)/t9-/m0/s1. The minimum absolute atomic E-state index is 0.0431. The first kappa shape index (κ1) is 12.0. The van der Waals surface area contributed by atoms with Crippen molar-refractivity contribution in [3.05, 3.63) is 0 Å². The first-order chi connectivity index (χ1) is 7.02. The van der Waals surface area contributed by atoms with Crippen LogP contribution in [-0.2, 0) is 9.59 Å². The molecule has 0 aromatic carbocycles. The third kappa shape index (κ3) is 3.22. The van der Waals surface area contributed by atoms with Gasteiger partial charge in [-0.2, -0.15) is 0 Å². The highest BCUT2D eigenvalue weighted by Crippen LogP contribution is 2.09. The molecule has 1 atom stereocenters. The van der Waals surface area contributed by atoms with Gasteiger partial charge in [-0.3, -0.25) is 9.59 Å². The molecule has 0 radical (unpaired) electrons. The molecule has 1 N–H and O–H groups in total. The molecular weight excluding hydrogens is 192 g/mol. The summed E-state index contributed by atoms with van der Waals surface area (Å²) in [7, 11) is 0. The predicted octanol–water partition coefficient (Wildman–Crippen LogP) is 0.769. The molecule has 0 aliphatic carbocycles. The van der Waals surface area contributed by atoms with Crippen molar-refractivity contribution in [1.29, 1.82) is 0 Å². The van der Waals surface area contributed by atoms with E-state index in [4.69, 9.17) is 0 Å². The Morgan fingerprint density at radius 3 is 2.13 bits per heavy atom. The zero-order valence-corrected chi connectivity index (χ0v) is 9.75. The maximum absolute atomic E-state index is 11.8. The van der Waals surface area contributed by atoms with Crippen LogP contribution in [0.25, 0.3) is 0 Å². The van der Waals surface area contributed by atoms with Crippen molar-refractivity contribution < 1.29 is 9.59 Å². The molecule has 4 heteroatoms. The van der Waals surface area contributed by atoms with Gasteiger partial charge in [0.15, 0.2) is 0 Å². The van der Waals surface area contributed by atoms with Crippen LogP contribution in [0.5, 0.6) is 0 Å². The first-order valence-electron chi connectivity index (χ1n) is 5.61. The molecule has 0 unspecified atom stereocenters. The third-order valence-electron chi connectivity index (χ3n) is 2.67. The van der Waals surface area contributed by atoms with E-state index in [2.05, 4.69) is 5.32 Å². The summed E-state index contributed by atoms with van der Waals surface area (Å²) in [5.74, 6) is -0.0876. The molecule has 15 heavy (non-hydrogen) atoms. The molecule has 0 spiro atoms. The van der Waals surface area contributed by atoms with Gasteiger partial charge in [-0.05, 0) is 19.8 Å². The van der Waals surface area contributed by atoms with Gasteiger partial charge in [0, 0.05) is 19.0 Å². The lowest BCUT2D eigenvalue weighted by atomic mass is 10.2. The van der Waals surface area contributed by atoms with Crippen LogP contribution in [0, 0.1) is 5.92 Å². The van der Waals surface area contributed by atoms with E-state index in [9.17, 15) is 9.59 Å². The average molecular weight is 212 g/mol. The van der Waals surface area contributed by atoms with E-state index in [1.807, 2.05) is 18.7 Å². The number of hydrogen-bond donors (Lipinski definition) is 1. The molecule has 1 heterocycles. The summed E-state index contributed by atoms with van der Waals surface area (Å²) < 4.78 is 0. The van der Waals surface area contributed by atoms with Crippen molar-refractivity contribution in [2.24, 2.45) is 5.92 Å². The normalized spacial score (nSPS) is 18.0. The van der Waals surface area contributed by atoms with E-state index in [0.717, 1.165) is 25.9 Å². The van der Waals surface area contributed by atoms with Gasteiger partial charge in [0.1, 0.15) is 6.04 Å². The predicted molar refractivity (Wildman–Crippen MR) is 58.3 cm³/mol. The van der Waals surface area contributed by atoms with Crippen molar-refractivity contribution in [3.63, 3.8) is 0 Å².